The van der Waals surface area contributed by atoms with Crippen LogP contribution in [0.5, 0.6) is 0 Å². The number of fused-ring (bicyclic) bond motifs is 1. The summed E-state index contributed by atoms with van der Waals surface area (Å²) in [6, 6.07) is 5.89. The summed E-state index contributed by atoms with van der Waals surface area (Å²) in [5.41, 5.74) is 4.04. The number of aromatic nitrogens is 3. The number of carbonyl (C=O) groups is 1. The molecule has 2 heterocycles. The van der Waals surface area contributed by atoms with Crippen molar-refractivity contribution in [2.24, 2.45) is 0 Å². The Labute approximate surface area is 138 Å². The molecule has 0 saturated heterocycles. The average Bonchev–Trinajstić information content (AvgIpc) is 3.01. The Balaban J connectivity index is 1.69. The molecule has 0 unspecified atom stereocenters. The molecule has 0 fully saturated rings. The Morgan fingerprint density at radius 2 is 2.13 bits per heavy atom. The third-order valence-electron chi connectivity index (χ3n) is 3.74. The third kappa shape index (κ3) is 3.19. The molecule has 120 valence electrons. The number of rotatable bonds is 4. The first kappa shape index (κ1) is 15.5. The molecule has 0 atom stereocenters. The number of benzene rings is 1. The zero-order valence-electron chi connectivity index (χ0n) is 13.6. The molecule has 0 radical (unpaired) electrons. The summed E-state index contributed by atoms with van der Waals surface area (Å²) in [4.78, 5) is 19.3. The van der Waals surface area contributed by atoms with Crippen molar-refractivity contribution in [2.75, 3.05) is 23.8 Å². The van der Waals surface area contributed by atoms with E-state index >= 15 is 0 Å². The number of hydrogen-bond acceptors (Lipinski definition) is 5. The molecule has 7 heteroatoms. The summed E-state index contributed by atoms with van der Waals surface area (Å²) in [6.45, 7) is 6.21. The van der Waals surface area contributed by atoms with Crippen molar-refractivity contribution in [3.8, 4) is 0 Å². The summed E-state index contributed by atoms with van der Waals surface area (Å²) in [5.74, 6) is -0.0646. The number of likely N-dealkylation sites (N-methyl/N-ethyl adjacent to an activating group) is 1. The van der Waals surface area contributed by atoms with Crippen LogP contribution in [0.2, 0.25) is 0 Å². The number of imidazole rings is 1. The van der Waals surface area contributed by atoms with Crippen LogP contribution < -0.4 is 10.2 Å². The maximum Gasteiger partial charge on any atom is 0.243 e. The molecule has 1 N–H and O–H groups in total. The van der Waals surface area contributed by atoms with Gasteiger partial charge in [0.1, 0.15) is 0 Å². The SMILES string of the molecule is Cc1cn2nc(N(C)CC(=O)Nc3cccc(C)c3C)sc2n1. The summed E-state index contributed by atoms with van der Waals surface area (Å²) >= 11 is 1.47. The lowest BCUT2D eigenvalue weighted by atomic mass is 10.1. The molecule has 0 saturated carbocycles. The molecule has 0 spiro atoms. The lowest BCUT2D eigenvalue weighted by Crippen LogP contribution is -2.30. The van der Waals surface area contributed by atoms with Crippen molar-refractivity contribution in [1.82, 2.24) is 14.6 Å². The maximum absolute atomic E-state index is 12.3. The van der Waals surface area contributed by atoms with Gasteiger partial charge < -0.3 is 10.2 Å². The van der Waals surface area contributed by atoms with Crippen LogP contribution in [-0.4, -0.2) is 34.1 Å². The van der Waals surface area contributed by atoms with Gasteiger partial charge in [-0.2, -0.15) is 0 Å². The van der Waals surface area contributed by atoms with Crippen molar-refractivity contribution in [3.63, 3.8) is 0 Å². The summed E-state index contributed by atoms with van der Waals surface area (Å²) in [5, 5.41) is 8.17. The van der Waals surface area contributed by atoms with Gasteiger partial charge in [-0.05, 0) is 38.0 Å². The second-order valence-electron chi connectivity index (χ2n) is 5.65. The standard InChI is InChI=1S/C16H19N5OS/c1-10-6-5-7-13(12(10)3)18-14(22)9-20(4)16-19-21-8-11(2)17-15(21)23-16/h5-8H,9H2,1-4H3,(H,18,22). The summed E-state index contributed by atoms with van der Waals surface area (Å²) < 4.78 is 1.74. The van der Waals surface area contributed by atoms with Crippen LogP contribution in [0.1, 0.15) is 16.8 Å². The highest BCUT2D eigenvalue weighted by atomic mass is 32.1. The van der Waals surface area contributed by atoms with Gasteiger partial charge in [0.2, 0.25) is 16.0 Å². The number of nitrogens with zero attached hydrogens (tertiary/aromatic N) is 4. The van der Waals surface area contributed by atoms with Gasteiger partial charge in [0, 0.05) is 12.7 Å². The Kier molecular flexibility index (Phi) is 4.04. The van der Waals surface area contributed by atoms with Crippen molar-refractivity contribution in [3.05, 3.63) is 41.2 Å². The highest BCUT2D eigenvalue weighted by Gasteiger charge is 2.14. The first-order chi connectivity index (χ1) is 10.9. The van der Waals surface area contributed by atoms with Gasteiger partial charge in [-0.1, -0.05) is 23.5 Å². The number of aryl methyl sites for hydroxylation is 2. The zero-order valence-corrected chi connectivity index (χ0v) is 14.4. The van der Waals surface area contributed by atoms with Crippen LogP contribution in [0.3, 0.4) is 0 Å². The first-order valence-electron chi connectivity index (χ1n) is 7.34. The van der Waals surface area contributed by atoms with E-state index in [1.54, 1.807) is 4.52 Å². The van der Waals surface area contributed by atoms with Crippen LogP contribution in [0.25, 0.3) is 4.96 Å². The van der Waals surface area contributed by atoms with Crippen molar-refractivity contribution >= 4 is 33.0 Å². The van der Waals surface area contributed by atoms with E-state index in [1.807, 2.05) is 57.1 Å². The van der Waals surface area contributed by atoms with E-state index in [9.17, 15) is 4.79 Å². The van der Waals surface area contributed by atoms with Crippen LogP contribution in [0.4, 0.5) is 10.8 Å². The van der Waals surface area contributed by atoms with Gasteiger partial charge in [-0.3, -0.25) is 4.79 Å². The average molecular weight is 329 g/mol. The molecule has 0 bridgehead atoms. The molecule has 0 aliphatic carbocycles. The molecule has 6 nitrogen and oxygen atoms in total. The predicted molar refractivity (Wildman–Crippen MR) is 93.4 cm³/mol. The molecule has 1 aromatic carbocycles. The second-order valence-corrected chi connectivity index (χ2v) is 6.58. The zero-order chi connectivity index (χ0) is 16.6. The normalized spacial score (nSPS) is 11.0. The van der Waals surface area contributed by atoms with Gasteiger partial charge in [0.15, 0.2) is 0 Å². The van der Waals surface area contributed by atoms with E-state index in [2.05, 4.69) is 15.4 Å². The van der Waals surface area contributed by atoms with Crippen LogP contribution >= 0.6 is 11.3 Å². The largest absolute Gasteiger partial charge is 0.340 e. The Morgan fingerprint density at radius 1 is 1.35 bits per heavy atom. The van der Waals surface area contributed by atoms with Gasteiger partial charge >= 0.3 is 0 Å². The number of amides is 1. The Bertz CT molecular complexity index is 835. The molecule has 2 aromatic heterocycles. The Hall–Kier alpha value is -2.41. The van der Waals surface area contributed by atoms with E-state index < -0.39 is 0 Å². The van der Waals surface area contributed by atoms with Gasteiger partial charge in [0.25, 0.3) is 0 Å². The molecule has 0 aliphatic rings. The van der Waals surface area contributed by atoms with E-state index in [0.29, 0.717) is 0 Å². The van der Waals surface area contributed by atoms with Gasteiger partial charge in [-0.25, -0.2) is 9.50 Å². The molecular weight excluding hydrogens is 310 g/mol. The highest BCUT2D eigenvalue weighted by molar-refractivity contribution is 7.20. The second kappa shape index (κ2) is 6.00. The van der Waals surface area contributed by atoms with Crippen LogP contribution in [0, 0.1) is 20.8 Å². The minimum Gasteiger partial charge on any atom is -0.340 e. The number of hydrogen-bond donors (Lipinski definition) is 1. The number of anilines is 2. The smallest absolute Gasteiger partial charge is 0.243 e. The molecule has 23 heavy (non-hydrogen) atoms. The molecule has 0 aliphatic heterocycles. The van der Waals surface area contributed by atoms with Crippen LogP contribution in [0.15, 0.2) is 24.4 Å². The van der Waals surface area contributed by atoms with Gasteiger partial charge in [0.05, 0.1) is 18.4 Å². The maximum atomic E-state index is 12.3. The van der Waals surface area contributed by atoms with Gasteiger partial charge in [-0.15, -0.1) is 5.10 Å². The predicted octanol–water partition coefficient (Wildman–Crippen LogP) is 2.79. The third-order valence-corrected chi connectivity index (χ3v) is 4.78. The Morgan fingerprint density at radius 3 is 2.87 bits per heavy atom. The fourth-order valence-electron chi connectivity index (χ4n) is 2.31. The first-order valence-corrected chi connectivity index (χ1v) is 8.15. The lowest BCUT2D eigenvalue weighted by molar-refractivity contribution is -0.114. The van der Waals surface area contributed by atoms with Crippen molar-refractivity contribution in [1.29, 1.82) is 0 Å². The van der Waals surface area contributed by atoms with E-state index in [4.69, 9.17) is 0 Å². The lowest BCUT2D eigenvalue weighted by Gasteiger charge is -2.16. The van der Waals surface area contributed by atoms with E-state index in [-0.39, 0.29) is 12.5 Å². The summed E-state index contributed by atoms with van der Waals surface area (Å²) in [6.07, 6.45) is 1.87. The van der Waals surface area contributed by atoms with Crippen molar-refractivity contribution in [2.45, 2.75) is 20.8 Å². The molecule has 3 aromatic rings. The van der Waals surface area contributed by atoms with E-state index in [0.717, 1.165) is 32.6 Å². The molecule has 3 rings (SSSR count). The number of nitrogens with one attached hydrogen (secondary N) is 1. The molecule has 1 amide bonds. The quantitative estimate of drug-likeness (QED) is 0.799. The van der Waals surface area contributed by atoms with E-state index in [1.165, 1.54) is 11.3 Å². The fraction of sp³-hybridized carbons (Fsp3) is 0.312. The summed E-state index contributed by atoms with van der Waals surface area (Å²) in [7, 11) is 1.85. The minimum absolute atomic E-state index is 0.0646. The topological polar surface area (TPSA) is 62.5 Å². The number of carbonyl (C=O) groups excluding carboxylic acids is 1. The molecular formula is C16H19N5OS. The minimum atomic E-state index is -0.0646. The highest BCUT2D eigenvalue weighted by Crippen LogP contribution is 2.22. The van der Waals surface area contributed by atoms with Crippen molar-refractivity contribution < 1.29 is 4.79 Å². The fourth-order valence-corrected chi connectivity index (χ4v) is 3.20. The van der Waals surface area contributed by atoms with Crippen LogP contribution in [-0.2, 0) is 4.79 Å². The monoisotopic (exact) mass is 329 g/mol.